The van der Waals surface area contributed by atoms with Gasteiger partial charge in [-0.3, -0.25) is 0 Å². The first-order chi connectivity index (χ1) is 10.4. The Bertz CT molecular complexity index is 876. The number of hydrogen-bond donors (Lipinski definition) is 0. The molecule has 1 nitrogen and oxygen atoms in total. The molecule has 0 bridgehead atoms. The Kier molecular flexibility index (Phi) is 2.29. The van der Waals surface area contributed by atoms with Crippen LogP contribution in [0, 0.1) is 0 Å². The van der Waals surface area contributed by atoms with E-state index in [1.165, 1.54) is 53.3 Å². The third-order valence-electron chi connectivity index (χ3n) is 5.16. The van der Waals surface area contributed by atoms with Crippen molar-refractivity contribution in [2.45, 2.75) is 32.2 Å². The molecule has 0 amide bonds. The minimum absolute atomic E-state index is 1.03. The zero-order valence-electron chi connectivity index (χ0n) is 12.1. The summed E-state index contributed by atoms with van der Waals surface area (Å²) < 4.78 is 2.46. The van der Waals surface area contributed by atoms with Crippen LogP contribution >= 0.6 is 0 Å². The lowest BCUT2D eigenvalue weighted by molar-refractivity contribution is -0.672. The lowest BCUT2D eigenvalue weighted by Gasteiger charge is -2.15. The first kappa shape index (κ1) is 11.5. The summed E-state index contributed by atoms with van der Waals surface area (Å²) in [5.74, 6) is 0. The van der Waals surface area contributed by atoms with Crippen LogP contribution in [0.5, 0.6) is 0 Å². The van der Waals surface area contributed by atoms with Gasteiger partial charge in [0, 0.05) is 17.2 Å². The van der Waals surface area contributed by atoms with Crippen LogP contribution in [0.3, 0.4) is 0 Å². The van der Waals surface area contributed by atoms with Gasteiger partial charge in [0.25, 0.3) is 0 Å². The van der Waals surface area contributed by atoms with E-state index in [9.17, 15) is 0 Å². The molecule has 2 aliphatic rings. The highest BCUT2D eigenvalue weighted by atomic mass is 15.0. The number of rotatable bonds is 0. The van der Waals surface area contributed by atoms with E-state index in [1.54, 1.807) is 11.1 Å². The number of pyridine rings is 1. The molecule has 0 N–H and O–H groups in total. The highest BCUT2D eigenvalue weighted by Crippen LogP contribution is 2.37. The van der Waals surface area contributed by atoms with Gasteiger partial charge in [0.1, 0.15) is 0 Å². The van der Waals surface area contributed by atoms with Gasteiger partial charge in [-0.1, -0.05) is 30.3 Å². The molecule has 1 heteroatoms. The van der Waals surface area contributed by atoms with E-state index in [1.807, 2.05) is 0 Å². The zero-order chi connectivity index (χ0) is 13.8. The monoisotopic (exact) mass is 272 g/mol. The van der Waals surface area contributed by atoms with E-state index < -0.39 is 0 Å². The molecule has 0 unspecified atom stereocenters. The molecule has 1 aliphatic carbocycles. The van der Waals surface area contributed by atoms with Crippen LogP contribution in [-0.4, -0.2) is 0 Å². The molecule has 0 saturated heterocycles. The first-order valence-electron chi connectivity index (χ1n) is 7.97. The Hall–Kier alpha value is -2.15. The molecule has 5 rings (SSSR count). The maximum Gasteiger partial charge on any atom is 0.216 e. The number of aryl methyl sites for hydroxylation is 1. The largest absolute Gasteiger partial charge is 0.216 e. The topological polar surface area (TPSA) is 3.88 Å². The molecule has 1 aliphatic heterocycles. The summed E-state index contributed by atoms with van der Waals surface area (Å²) in [7, 11) is 0. The van der Waals surface area contributed by atoms with Gasteiger partial charge < -0.3 is 0 Å². The molecular formula is C20H18N+. The van der Waals surface area contributed by atoms with Crippen molar-refractivity contribution in [2.75, 3.05) is 0 Å². The highest BCUT2D eigenvalue weighted by Gasteiger charge is 2.32. The van der Waals surface area contributed by atoms with Gasteiger partial charge in [0.2, 0.25) is 5.69 Å². The lowest BCUT2D eigenvalue weighted by Crippen LogP contribution is -2.33. The fourth-order valence-corrected chi connectivity index (χ4v) is 4.16. The van der Waals surface area contributed by atoms with Gasteiger partial charge in [-0.2, -0.15) is 4.57 Å². The predicted octanol–water partition coefficient (Wildman–Crippen LogP) is 4.03. The van der Waals surface area contributed by atoms with Crippen LogP contribution in [-0.2, 0) is 19.4 Å². The second-order valence-electron chi connectivity index (χ2n) is 6.32. The fraction of sp³-hybridized carbons (Fsp3) is 0.250. The number of hydrogen-bond acceptors (Lipinski definition) is 0. The second-order valence-corrected chi connectivity index (χ2v) is 6.32. The average Bonchev–Trinajstić information content (AvgIpc) is 2.94. The van der Waals surface area contributed by atoms with Crippen molar-refractivity contribution < 1.29 is 4.57 Å². The molecule has 2 heterocycles. The summed E-state index contributed by atoms with van der Waals surface area (Å²) in [4.78, 5) is 0. The predicted molar refractivity (Wildman–Crippen MR) is 85.3 cm³/mol. The quantitative estimate of drug-likeness (QED) is 0.425. The van der Waals surface area contributed by atoms with E-state index >= 15 is 0 Å². The Balaban J connectivity index is 1.84. The molecule has 0 fully saturated rings. The van der Waals surface area contributed by atoms with Gasteiger partial charge in [-0.25, -0.2) is 0 Å². The summed E-state index contributed by atoms with van der Waals surface area (Å²) in [6.45, 7) is 1.03. The number of benzene rings is 2. The number of fused-ring (bicyclic) bond motifs is 7. The van der Waals surface area contributed by atoms with E-state index in [-0.39, 0.29) is 0 Å². The number of nitrogens with zero attached hydrogens (tertiary/aromatic N) is 1. The zero-order valence-corrected chi connectivity index (χ0v) is 12.1. The molecular weight excluding hydrogens is 254 g/mol. The van der Waals surface area contributed by atoms with Gasteiger partial charge in [-0.15, -0.1) is 0 Å². The molecule has 102 valence electrons. The molecule has 0 saturated carbocycles. The summed E-state index contributed by atoms with van der Waals surface area (Å²) in [6.07, 6.45) is 7.49. The van der Waals surface area contributed by atoms with Crippen LogP contribution < -0.4 is 4.57 Å². The highest BCUT2D eigenvalue weighted by molar-refractivity contribution is 5.92. The molecule has 0 spiro atoms. The van der Waals surface area contributed by atoms with Crippen molar-refractivity contribution in [3.05, 3.63) is 65.4 Å². The van der Waals surface area contributed by atoms with Gasteiger partial charge in [-0.05, 0) is 48.1 Å². The second kappa shape index (κ2) is 4.17. The Morgan fingerprint density at radius 1 is 0.810 bits per heavy atom. The van der Waals surface area contributed by atoms with Crippen LogP contribution in [0.25, 0.3) is 22.0 Å². The Labute approximate surface area is 124 Å². The van der Waals surface area contributed by atoms with Crippen molar-refractivity contribution >= 4 is 10.8 Å². The average molecular weight is 272 g/mol. The van der Waals surface area contributed by atoms with Crippen LogP contribution in [0.1, 0.15) is 29.5 Å². The summed E-state index contributed by atoms with van der Waals surface area (Å²) >= 11 is 0. The standard InChI is InChI=1S/C20H18N/c1-3-7-16-14(5-1)9-10-18-19(16)13-21-12-11-15-6-2-4-8-17(15)20(18)21/h1,3,5,7,9-12H,2,4,6,8,13H2/q+1. The van der Waals surface area contributed by atoms with Crippen molar-refractivity contribution in [1.29, 1.82) is 0 Å². The van der Waals surface area contributed by atoms with E-state index in [4.69, 9.17) is 0 Å². The molecule has 1 aromatic heterocycles. The summed E-state index contributed by atoms with van der Waals surface area (Å²) in [6, 6.07) is 15.8. The molecule has 21 heavy (non-hydrogen) atoms. The van der Waals surface area contributed by atoms with Gasteiger partial charge in [0.15, 0.2) is 12.7 Å². The minimum Gasteiger partial charge on any atom is -0.194 e. The maximum absolute atomic E-state index is 2.46. The third-order valence-corrected chi connectivity index (χ3v) is 5.16. The minimum atomic E-state index is 1.03. The van der Waals surface area contributed by atoms with Crippen molar-refractivity contribution in [3.8, 4) is 11.3 Å². The van der Waals surface area contributed by atoms with Crippen LogP contribution in [0.2, 0.25) is 0 Å². The SMILES string of the molecule is c1ccc2c3c(ccc2c1)-c1c2c(cc[n+]1C3)CCCC2. The lowest BCUT2D eigenvalue weighted by atomic mass is 9.88. The molecule has 2 aromatic carbocycles. The van der Waals surface area contributed by atoms with E-state index in [2.05, 4.69) is 53.2 Å². The Morgan fingerprint density at radius 2 is 1.71 bits per heavy atom. The molecule has 0 radical (unpaired) electrons. The normalized spacial score (nSPS) is 15.6. The van der Waals surface area contributed by atoms with Crippen molar-refractivity contribution in [1.82, 2.24) is 0 Å². The smallest absolute Gasteiger partial charge is 0.194 e. The summed E-state index contributed by atoms with van der Waals surface area (Å²) in [5.41, 5.74) is 7.65. The first-order valence-corrected chi connectivity index (χ1v) is 7.97. The summed E-state index contributed by atoms with van der Waals surface area (Å²) in [5, 5.41) is 2.78. The van der Waals surface area contributed by atoms with Gasteiger partial charge in [0.05, 0.1) is 5.56 Å². The molecule has 3 aromatic rings. The van der Waals surface area contributed by atoms with Crippen LogP contribution in [0.15, 0.2) is 48.7 Å². The fourth-order valence-electron chi connectivity index (χ4n) is 4.16. The third kappa shape index (κ3) is 1.55. The van der Waals surface area contributed by atoms with E-state index in [0.717, 1.165) is 6.54 Å². The van der Waals surface area contributed by atoms with Crippen LogP contribution in [0.4, 0.5) is 0 Å². The van der Waals surface area contributed by atoms with E-state index in [0.29, 0.717) is 0 Å². The van der Waals surface area contributed by atoms with Crippen molar-refractivity contribution in [2.24, 2.45) is 0 Å². The van der Waals surface area contributed by atoms with Gasteiger partial charge >= 0.3 is 0 Å². The van der Waals surface area contributed by atoms with Crippen molar-refractivity contribution in [3.63, 3.8) is 0 Å². The Morgan fingerprint density at radius 3 is 2.71 bits per heavy atom. The molecule has 0 atom stereocenters. The maximum atomic E-state index is 2.46. The number of aromatic nitrogens is 1.